The second-order valence-electron chi connectivity index (χ2n) is 4.81. The molecule has 0 spiro atoms. The summed E-state index contributed by atoms with van der Waals surface area (Å²) in [6, 6.07) is 18.2. The zero-order chi connectivity index (χ0) is 14.1. The molecule has 0 amide bonds. The molecule has 0 atom stereocenters. The van der Waals surface area contributed by atoms with Crippen LogP contribution in [0.15, 0.2) is 60.7 Å². The van der Waals surface area contributed by atoms with Crippen molar-refractivity contribution in [2.24, 2.45) is 0 Å². The number of ketones is 1. The van der Waals surface area contributed by atoms with Gasteiger partial charge in [-0.05, 0) is 47.5 Å². The highest BCUT2D eigenvalue weighted by atomic mass is 19.1. The van der Waals surface area contributed by atoms with Gasteiger partial charge < -0.3 is 0 Å². The predicted octanol–water partition coefficient (Wildman–Crippen LogP) is 4.85. The van der Waals surface area contributed by atoms with Crippen molar-refractivity contribution in [3.05, 3.63) is 72.0 Å². The quantitative estimate of drug-likeness (QED) is 0.605. The fourth-order valence-electron chi connectivity index (χ4n) is 2.32. The Morgan fingerprint density at radius 1 is 0.900 bits per heavy atom. The lowest BCUT2D eigenvalue weighted by Crippen LogP contribution is -1.94. The second kappa shape index (κ2) is 4.89. The lowest BCUT2D eigenvalue weighted by atomic mass is 9.98. The molecular formula is C18H13FO. The molecule has 0 saturated heterocycles. The third kappa shape index (κ3) is 2.21. The molecular weight excluding hydrogens is 251 g/mol. The van der Waals surface area contributed by atoms with Gasteiger partial charge in [0.25, 0.3) is 0 Å². The number of carbonyl (C=O) groups excluding carboxylic acids is 1. The number of hydrogen-bond donors (Lipinski definition) is 0. The van der Waals surface area contributed by atoms with Crippen molar-refractivity contribution in [2.75, 3.05) is 0 Å². The fourth-order valence-corrected chi connectivity index (χ4v) is 2.32. The fraction of sp³-hybridized carbons (Fsp3) is 0.0556. The summed E-state index contributed by atoms with van der Waals surface area (Å²) in [5.74, 6) is -0.377. The maximum Gasteiger partial charge on any atom is 0.159 e. The van der Waals surface area contributed by atoms with Crippen molar-refractivity contribution in [1.29, 1.82) is 0 Å². The highest BCUT2D eigenvalue weighted by molar-refractivity contribution is 5.96. The normalized spacial score (nSPS) is 10.7. The first-order valence-corrected chi connectivity index (χ1v) is 6.45. The summed E-state index contributed by atoms with van der Waals surface area (Å²) in [7, 11) is 0. The van der Waals surface area contributed by atoms with Crippen molar-refractivity contribution in [1.82, 2.24) is 0 Å². The Hall–Kier alpha value is -2.48. The van der Waals surface area contributed by atoms with Gasteiger partial charge in [-0.1, -0.05) is 36.4 Å². The lowest BCUT2D eigenvalue weighted by Gasteiger charge is -2.07. The smallest absolute Gasteiger partial charge is 0.159 e. The minimum atomic E-state index is -0.315. The Morgan fingerprint density at radius 3 is 2.40 bits per heavy atom. The average Bonchev–Trinajstić information content (AvgIpc) is 2.47. The summed E-state index contributed by atoms with van der Waals surface area (Å²) in [5, 5.41) is 2.16. The van der Waals surface area contributed by atoms with Gasteiger partial charge in [0.05, 0.1) is 0 Å². The van der Waals surface area contributed by atoms with Crippen molar-refractivity contribution >= 4 is 16.6 Å². The largest absolute Gasteiger partial charge is 0.295 e. The first kappa shape index (κ1) is 12.5. The highest BCUT2D eigenvalue weighted by Gasteiger charge is 2.09. The van der Waals surface area contributed by atoms with Gasteiger partial charge >= 0.3 is 0 Å². The van der Waals surface area contributed by atoms with E-state index in [0.29, 0.717) is 11.1 Å². The molecule has 1 nitrogen and oxygen atoms in total. The number of benzene rings is 3. The molecule has 0 aromatic heterocycles. The standard InChI is InChI=1S/C18H13FO/c1-12(20)14-8-9-18(19)17(11-14)16-7-6-13-4-2-3-5-15(13)10-16/h2-11H,1H3. The van der Waals surface area contributed by atoms with E-state index in [9.17, 15) is 9.18 Å². The zero-order valence-corrected chi connectivity index (χ0v) is 11.1. The van der Waals surface area contributed by atoms with Gasteiger partial charge in [0.15, 0.2) is 5.78 Å². The number of halogens is 1. The monoisotopic (exact) mass is 264 g/mol. The van der Waals surface area contributed by atoms with E-state index in [0.717, 1.165) is 16.3 Å². The van der Waals surface area contributed by atoms with E-state index >= 15 is 0 Å². The van der Waals surface area contributed by atoms with E-state index < -0.39 is 0 Å². The molecule has 0 bridgehead atoms. The first-order valence-electron chi connectivity index (χ1n) is 6.45. The van der Waals surface area contributed by atoms with Crippen LogP contribution in [0.3, 0.4) is 0 Å². The predicted molar refractivity (Wildman–Crippen MR) is 79.3 cm³/mol. The number of carbonyl (C=O) groups is 1. The van der Waals surface area contributed by atoms with E-state index in [1.165, 1.54) is 19.1 Å². The molecule has 0 aliphatic carbocycles. The summed E-state index contributed by atoms with van der Waals surface area (Å²) in [5.41, 5.74) is 1.77. The van der Waals surface area contributed by atoms with Gasteiger partial charge in [0.2, 0.25) is 0 Å². The van der Waals surface area contributed by atoms with Gasteiger partial charge in [-0.15, -0.1) is 0 Å². The Morgan fingerprint density at radius 2 is 1.65 bits per heavy atom. The van der Waals surface area contributed by atoms with E-state index in [1.807, 2.05) is 42.5 Å². The SMILES string of the molecule is CC(=O)c1ccc(F)c(-c2ccc3ccccc3c2)c1. The summed E-state index contributed by atoms with van der Waals surface area (Å²) in [6.07, 6.45) is 0. The molecule has 0 radical (unpaired) electrons. The van der Waals surface area contributed by atoms with Crippen LogP contribution in [0.5, 0.6) is 0 Å². The van der Waals surface area contributed by atoms with E-state index in [2.05, 4.69) is 0 Å². The Kier molecular flexibility index (Phi) is 3.07. The molecule has 0 heterocycles. The summed E-state index contributed by atoms with van der Waals surface area (Å²) < 4.78 is 14.0. The lowest BCUT2D eigenvalue weighted by molar-refractivity contribution is 0.101. The molecule has 0 aliphatic rings. The molecule has 3 aromatic carbocycles. The molecule has 20 heavy (non-hydrogen) atoms. The van der Waals surface area contributed by atoms with Gasteiger partial charge in [-0.3, -0.25) is 4.79 Å². The van der Waals surface area contributed by atoms with Crippen LogP contribution in [0.2, 0.25) is 0 Å². The number of Topliss-reactive ketones (excluding diaryl/α,β-unsaturated/α-hetero) is 1. The van der Waals surface area contributed by atoms with Gasteiger partial charge in [-0.2, -0.15) is 0 Å². The second-order valence-corrected chi connectivity index (χ2v) is 4.81. The van der Waals surface area contributed by atoms with E-state index in [-0.39, 0.29) is 11.6 Å². The summed E-state index contributed by atoms with van der Waals surface area (Å²) >= 11 is 0. The van der Waals surface area contributed by atoms with Crippen LogP contribution >= 0.6 is 0 Å². The molecule has 3 aromatic rings. The Labute approximate surface area is 116 Å². The van der Waals surface area contributed by atoms with E-state index in [1.54, 1.807) is 6.07 Å². The molecule has 3 rings (SSSR count). The van der Waals surface area contributed by atoms with Crippen molar-refractivity contribution in [3.63, 3.8) is 0 Å². The average molecular weight is 264 g/mol. The van der Waals surface area contributed by atoms with Gasteiger partial charge in [-0.25, -0.2) is 4.39 Å². The summed E-state index contributed by atoms with van der Waals surface area (Å²) in [4.78, 5) is 11.4. The summed E-state index contributed by atoms with van der Waals surface area (Å²) in [6.45, 7) is 1.48. The van der Waals surface area contributed by atoms with Crippen molar-refractivity contribution < 1.29 is 9.18 Å². The van der Waals surface area contributed by atoms with Crippen molar-refractivity contribution in [3.8, 4) is 11.1 Å². The molecule has 0 saturated carbocycles. The maximum atomic E-state index is 14.0. The molecule has 0 unspecified atom stereocenters. The van der Waals surface area contributed by atoms with E-state index in [4.69, 9.17) is 0 Å². The Balaban J connectivity index is 2.19. The maximum absolute atomic E-state index is 14.0. The van der Waals surface area contributed by atoms with Crippen molar-refractivity contribution in [2.45, 2.75) is 6.92 Å². The molecule has 0 fully saturated rings. The van der Waals surface area contributed by atoms with Crippen LogP contribution in [-0.4, -0.2) is 5.78 Å². The van der Waals surface area contributed by atoms with Crippen LogP contribution in [0, 0.1) is 5.82 Å². The highest BCUT2D eigenvalue weighted by Crippen LogP contribution is 2.27. The number of fused-ring (bicyclic) bond motifs is 1. The minimum absolute atomic E-state index is 0.0629. The third-order valence-corrected chi connectivity index (χ3v) is 3.43. The van der Waals surface area contributed by atoms with Crippen LogP contribution in [0.4, 0.5) is 4.39 Å². The topological polar surface area (TPSA) is 17.1 Å². The van der Waals surface area contributed by atoms with Gasteiger partial charge in [0, 0.05) is 11.1 Å². The minimum Gasteiger partial charge on any atom is -0.295 e. The molecule has 0 aliphatic heterocycles. The van der Waals surface area contributed by atoms with Gasteiger partial charge in [0.1, 0.15) is 5.82 Å². The van der Waals surface area contributed by atoms with Crippen LogP contribution in [0.1, 0.15) is 17.3 Å². The van der Waals surface area contributed by atoms with Crippen LogP contribution in [0.25, 0.3) is 21.9 Å². The number of hydrogen-bond acceptors (Lipinski definition) is 1. The molecule has 2 heteroatoms. The third-order valence-electron chi connectivity index (χ3n) is 3.43. The molecule has 98 valence electrons. The number of rotatable bonds is 2. The Bertz CT molecular complexity index is 805. The molecule has 0 N–H and O–H groups in total. The van der Waals surface area contributed by atoms with Crippen LogP contribution < -0.4 is 0 Å². The zero-order valence-electron chi connectivity index (χ0n) is 11.1. The van der Waals surface area contributed by atoms with Crippen LogP contribution in [-0.2, 0) is 0 Å². The first-order chi connectivity index (χ1) is 9.65.